The van der Waals surface area contributed by atoms with E-state index in [-0.39, 0.29) is 24.0 Å². The van der Waals surface area contributed by atoms with Gasteiger partial charge in [0.2, 0.25) is 0 Å². The number of thiophene rings is 1. The van der Waals surface area contributed by atoms with Crippen LogP contribution in [-0.4, -0.2) is 24.2 Å². The van der Waals surface area contributed by atoms with Gasteiger partial charge in [-0.15, -0.1) is 24.0 Å². The van der Waals surface area contributed by atoms with Gasteiger partial charge in [0.1, 0.15) is 6.54 Å². The zero-order valence-corrected chi connectivity index (χ0v) is 17.9. The molecule has 0 aliphatic heterocycles. The molecule has 0 bridgehead atoms. The third-order valence-corrected chi connectivity index (χ3v) is 4.30. The number of nitrogens with zero attached hydrogens (tertiary/aromatic N) is 2. The lowest BCUT2D eigenvalue weighted by Crippen LogP contribution is -2.39. The fourth-order valence-electron chi connectivity index (χ4n) is 2.10. The maximum Gasteiger partial charge on any atom is 0.191 e. The number of halogens is 1. The minimum atomic E-state index is 0. The highest BCUT2D eigenvalue weighted by Crippen LogP contribution is 2.17. The number of nitrogens with one attached hydrogen (secondary N) is 2. The van der Waals surface area contributed by atoms with E-state index in [2.05, 4.69) is 65.3 Å². The Balaban J connectivity index is 0.00000288. The number of hydrogen-bond donors (Lipinski definition) is 2. The Kier molecular flexibility index (Phi) is 9.35. The molecular formula is C17H27IN4OS. The Morgan fingerprint density at radius 1 is 1.33 bits per heavy atom. The fraction of sp³-hybridized carbons (Fsp3) is 0.529. The third kappa shape index (κ3) is 6.43. The molecule has 1 unspecified atom stereocenters. The summed E-state index contributed by atoms with van der Waals surface area (Å²) in [6.45, 7) is 10.6. The van der Waals surface area contributed by atoms with E-state index in [4.69, 9.17) is 4.52 Å². The van der Waals surface area contributed by atoms with Gasteiger partial charge in [0.25, 0.3) is 0 Å². The average molecular weight is 462 g/mol. The van der Waals surface area contributed by atoms with Crippen LogP contribution in [0, 0.1) is 0 Å². The largest absolute Gasteiger partial charge is 0.359 e. The summed E-state index contributed by atoms with van der Waals surface area (Å²) in [4.78, 5) is 4.57. The van der Waals surface area contributed by atoms with Gasteiger partial charge >= 0.3 is 0 Å². The van der Waals surface area contributed by atoms with E-state index < -0.39 is 0 Å². The van der Waals surface area contributed by atoms with E-state index in [1.807, 2.05) is 6.07 Å². The number of aliphatic imine (C=N–C) groups is 1. The zero-order valence-electron chi connectivity index (χ0n) is 14.7. The Labute approximate surface area is 165 Å². The van der Waals surface area contributed by atoms with E-state index in [1.54, 1.807) is 11.3 Å². The second kappa shape index (κ2) is 10.7. The zero-order chi connectivity index (χ0) is 16.7. The van der Waals surface area contributed by atoms with E-state index in [0.717, 1.165) is 30.5 Å². The molecule has 1 atom stereocenters. The molecule has 2 aromatic rings. The Bertz CT molecular complexity index is 610. The van der Waals surface area contributed by atoms with Gasteiger partial charge in [0, 0.05) is 19.2 Å². The monoisotopic (exact) mass is 462 g/mol. The predicted molar refractivity (Wildman–Crippen MR) is 112 cm³/mol. The molecule has 0 fully saturated rings. The predicted octanol–water partition coefficient (Wildman–Crippen LogP) is 4.34. The van der Waals surface area contributed by atoms with Gasteiger partial charge in [0.05, 0.1) is 5.69 Å². The van der Waals surface area contributed by atoms with Crippen molar-refractivity contribution in [1.29, 1.82) is 0 Å². The highest BCUT2D eigenvalue weighted by Gasteiger charge is 2.09. The van der Waals surface area contributed by atoms with Gasteiger partial charge in [-0.2, -0.15) is 11.3 Å². The molecule has 2 N–H and O–H groups in total. The molecule has 0 amide bonds. The van der Waals surface area contributed by atoms with Crippen molar-refractivity contribution in [2.75, 3.05) is 13.1 Å². The topological polar surface area (TPSA) is 62.5 Å². The van der Waals surface area contributed by atoms with Crippen LogP contribution in [0.5, 0.6) is 0 Å². The summed E-state index contributed by atoms with van der Waals surface area (Å²) < 4.78 is 5.33. The van der Waals surface area contributed by atoms with Crippen LogP contribution in [0.1, 0.15) is 56.5 Å². The van der Waals surface area contributed by atoms with Crippen LogP contribution in [-0.2, 0) is 6.54 Å². The van der Waals surface area contributed by atoms with Crippen molar-refractivity contribution in [3.63, 3.8) is 0 Å². The molecule has 0 radical (unpaired) electrons. The molecule has 0 spiro atoms. The molecule has 7 heteroatoms. The summed E-state index contributed by atoms with van der Waals surface area (Å²) in [6, 6.07) is 4.15. The second-order valence-electron chi connectivity index (χ2n) is 5.91. The van der Waals surface area contributed by atoms with Crippen LogP contribution in [0.25, 0.3) is 0 Å². The first-order chi connectivity index (χ1) is 11.1. The van der Waals surface area contributed by atoms with Gasteiger partial charge in [-0.05, 0) is 41.1 Å². The van der Waals surface area contributed by atoms with E-state index in [9.17, 15) is 0 Å². The quantitative estimate of drug-likeness (QED) is 0.365. The molecule has 5 nitrogen and oxygen atoms in total. The van der Waals surface area contributed by atoms with Gasteiger partial charge in [0.15, 0.2) is 11.7 Å². The van der Waals surface area contributed by atoms with E-state index in [0.29, 0.717) is 18.4 Å². The normalized spacial score (nSPS) is 12.8. The lowest BCUT2D eigenvalue weighted by Gasteiger charge is -2.15. The molecule has 0 saturated heterocycles. The molecule has 134 valence electrons. The van der Waals surface area contributed by atoms with Crippen LogP contribution < -0.4 is 10.6 Å². The molecule has 0 saturated carbocycles. The van der Waals surface area contributed by atoms with Crippen LogP contribution in [0.4, 0.5) is 0 Å². The number of aromatic nitrogens is 1. The fourth-order valence-corrected chi connectivity index (χ4v) is 2.88. The van der Waals surface area contributed by atoms with Gasteiger partial charge < -0.3 is 15.2 Å². The maximum atomic E-state index is 5.33. The summed E-state index contributed by atoms with van der Waals surface area (Å²) >= 11 is 1.73. The van der Waals surface area contributed by atoms with Crippen molar-refractivity contribution in [2.45, 2.75) is 46.1 Å². The van der Waals surface area contributed by atoms with Gasteiger partial charge in [-0.1, -0.05) is 25.9 Å². The Morgan fingerprint density at radius 2 is 2.12 bits per heavy atom. The third-order valence-electron chi connectivity index (χ3n) is 3.59. The first-order valence-corrected chi connectivity index (χ1v) is 9.04. The Hall–Kier alpha value is -1.09. The van der Waals surface area contributed by atoms with Crippen LogP contribution in [0.2, 0.25) is 0 Å². The lowest BCUT2D eigenvalue weighted by atomic mass is 10.1. The van der Waals surface area contributed by atoms with E-state index >= 15 is 0 Å². The number of hydrogen-bond acceptors (Lipinski definition) is 4. The SMILES string of the molecule is CCNC(=NCc1cc(C(C)C)no1)NCC(C)c1ccsc1.I. The number of guanidine groups is 1. The molecule has 0 aromatic carbocycles. The molecule has 2 heterocycles. The smallest absolute Gasteiger partial charge is 0.191 e. The summed E-state index contributed by atoms with van der Waals surface area (Å²) in [5.74, 6) is 2.41. The summed E-state index contributed by atoms with van der Waals surface area (Å²) in [5.41, 5.74) is 2.33. The Morgan fingerprint density at radius 3 is 2.71 bits per heavy atom. The minimum absolute atomic E-state index is 0. The highest BCUT2D eigenvalue weighted by atomic mass is 127. The van der Waals surface area contributed by atoms with Crippen LogP contribution in [0.15, 0.2) is 32.4 Å². The van der Waals surface area contributed by atoms with Crippen molar-refractivity contribution in [2.24, 2.45) is 4.99 Å². The number of rotatable bonds is 7. The first kappa shape index (κ1) is 21.0. The molecule has 0 aliphatic carbocycles. The second-order valence-corrected chi connectivity index (χ2v) is 6.69. The first-order valence-electron chi connectivity index (χ1n) is 8.09. The van der Waals surface area contributed by atoms with Crippen molar-refractivity contribution in [1.82, 2.24) is 15.8 Å². The standard InChI is InChI=1S/C17H26N4OS.HI/c1-5-18-17(19-9-13(4)14-6-7-23-11-14)20-10-15-8-16(12(2)3)21-22-15;/h6-8,11-13H,5,9-10H2,1-4H3,(H2,18,19,20);1H. The average Bonchev–Trinajstić information content (AvgIpc) is 3.20. The molecule has 2 aromatic heterocycles. The summed E-state index contributed by atoms with van der Waals surface area (Å²) in [7, 11) is 0. The molecule has 24 heavy (non-hydrogen) atoms. The van der Waals surface area contributed by atoms with Crippen LogP contribution in [0.3, 0.4) is 0 Å². The van der Waals surface area contributed by atoms with Crippen molar-refractivity contribution in [3.8, 4) is 0 Å². The van der Waals surface area contributed by atoms with Crippen molar-refractivity contribution in [3.05, 3.63) is 39.9 Å². The summed E-state index contributed by atoms with van der Waals surface area (Å²) in [5, 5.41) is 15.0. The maximum absolute atomic E-state index is 5.33. The molecule has 2 rings (SSSR count). The molecular weight excluding hydrogens is 435 g/mol. The van der Waals surface area contributed by atoms with Gasteiger partial charge in [-0.3, -0.25) is 0 Å². The van der Waals surface area contributed by atoms with Gasteiger partial charge in [-0.25, -0.2) is 4.99 Å². The van der Waals surface area contributed by atoms with Crippen LogP contribution >= 0.6 is 35.3 Å². The summed E-state index contributed by atoms with van der Waals surface area (Å²) in [6.07, 6.45) is 0. The van der Waals surface area contributed by atoms with E-state index in [1.165, 1.54) is 5.56 Å². The lowest BCUT2D eigenvalue weighted by molar-refractivity contribution is 0.376. The van der Waals surface area contributed by atoms with Crippen molar-refractivity contribution >= 4 is 41.3 Å². The highest BCUT2D eigenvalue weighted by molar-refractivity contribution is 14.0. The van der Waals surface area contributed by atoms with Crippen molar-refractivity contribution < 1.29 is 4.52 Å². The molecule has 0 aliphatic rings. The minimum Gasteiger partial charge on any atom is -0.359 e.